The molecule has 84 valence electrons. The Balaban J connectivity index is 2.81. The number of hydrogen-bond acceptors (Lipinski definition) is 1. The molecule has 1 aromatic rings. The zero-order valence-corrected chi connectivity index (χ0v) is 10.3. The summed E-state index contributed by atoms with van der Waals surface area (Å²) in [5.41, 5.74) is 0.259. The number of hydrogen-bond donors (Lipinski definition) is 1. The molecule has 0 radical (unpaired) electrons. The van der Waals surface area contributed by atoms with Gasteiger partial charge in [0.2, 0.25) is 0 Å². The molecule has 0 aliphatic carbocycles. The first-order valence-corrected chi connectivity index (χ1v) is 5.59. The highest BCUT2D eigenvalue weighted by Gasteiger charge is 2.11. The van der Waals surface area contributed by atoms with E-state index in [1.165, 1.54) is 18.2 Å². The summed E-state index contributed by atoms with van der Waals surface area (Å²) in [4.78, 5) is 11.6. The van der Waals surface area contributed by atoms with Crippen LogP contribution in [0.4, 0.5) is 4.39 Å². The molecular formula is C12H11BrFNO. The lowest BCUT2D eigenvalue weighted by Gasteiger charge is -2.10. The third-order valence-electron chi connectivity index (χ3n) is 2.10. The highest BCUT2D eigenvalue weighted by Crippen LogP contribution is 2.16. The lowest BCUT2D eigenvalue weighted by Crippen LogP contribution is -2.33. The minimum Gasteiger partial charge on any atom is -0.338 e. The predicted octanol–water partition coefficient (Wildman–Crippen LogP) is 2.73. The second-order valence-corrected chi connectivity index (χ2v) is 4.08. The molecular weight excluding hydrogens is 273 g/mol. The fraction of sp³-hybridized carbons (Fsp3) is 0.250. The molecule has 0 heterocycles. The van der Waals surface area contributed by atoms with Crippen LogP contribution in [0, 0.1) is 18.2 Å². The van der Waals surface area contributed by atoms with Crippen molar-refractivity contribution in [3.8, 4) is 12.3 Å². The topological polar surface area (TPSA) is 29.1 Å². The second kappa shape index (κ2) is 5.66. The molecule has 0 bridgehead atoms. The van der Waals surface area contributed by atoms with Gasteiger partial charge in [0.05, 0.1) is 10.5 Å². The van der Waals surface area contributed by atoms with Crippen LogP contribution in [-0.2, 0) is 0 Å². The van der Waals surface area contributed by atoms with Gasteiger partial charge in [-0.2, -0.15) is 0 Å². The summed E-state index contributed by atoms with van der Waals surface area (Å²) in [7, 11) is 0. The number of rotatable bonds is 3. The number of carbonyl (C=O) groups is 1. The van der Waals surface area contributed by atoms with Gasteiger partial charge in [0.25, 0.3) is 5.91 Å². The van der Waals surface area contributed by atoms with Gasteiger partial charge in [-0.25, -0.2) is 4.39 Å². The van der Waals surface area contributed by atoms with E-state index in [0.29, 0.717) is 10.9 Å². The van der Waals surface area contributed by atoms with Gasteiger partial charge >= 0.3 is 0 Å². The van der Waals surface area contributed by atoms with Gasteiger partial charge in [0.15, 0.2) is 0 Å². The first kappa shape index (κ1) is 12.7. The van der Waals surface area contributed by atoms with E-state index in [1.807, 2.05) is 6.92 Å². The van der Waals surface area contributed by atoms with Crippen molar-refractivity contribution in [2.75, 3.05) is 0 Å². The number of carbonyl (C=O) groups excluding carboxylic acids is 1. The molecule has 1 rings (SSSR count). The zero-order valence-electron chi connectivity index (χ0n) is 8.76. The van der Waals surface area contributed by atoms with E-state index in [2.05, 4.69) is 27.2 Å². The number of benzene rings is 1. The van der Waals surface area contributed by atoms with Gasteiger partial charge in [0.1, 0.15) is 5.82 Å². The standard InChI is InChI=1S/C12H11BrFNO/c1-3-9(4-2)15-12(16)8-5-6-10(13)11(14)7-8/h1,5-7,9H,4H2,2H3,(H,15,16). The third kappa shape index (κ3) is 3.07. The molecule has 0 aliphatic heterocycles. The Bertz CT molecular complexity index is 439. The molecule has 0 aliphatic rings. The zero-order chi connectivity index (χ0) is 12.1. The van der Waals surface area contributed by atoms with Crippen molar-refractivity contribution in [1.29, 1.82) is 0 Å². The van der Waals surface area contributed by atoms with E-state index in [1.54, 1.807) is 0 Å². The van der Waals surface area contributed by atoms with Crippen LogP contribution < -0.4 is 5.32 Å². The van der Waals surface area contributed by atoms with Crippen LogP contribution in [0.25, 0.3) is 0 Å². The normalized spacial score (nSPS) is 11.6. The van der Waals surface area contributed by atoms with E-state index in [0.717, 1.165) is 0 Å². The lowest BCUT2D eigenvalue weighted by molar-refractivity contribution is 0.0944. The van der Waals surface area contributed by atoms with Crippen molar-refractivity contribution < 1.29 is 9.18 Å². The Morgan fingerprint density at radius 2 is 2.38 bits per heavy atom. The molecule has 16 heavy (non-hydrogen) atoms. The number of terminal acetylenes is 1. The summed E-state index contributed by atoms with van der Waals surface area (Å²) >= 11 is 3.02. The molecule has 1 amide bonds. The van der Waals surface area contributed by atoms with Gasteiger partial charge < -0.3 is 5.32 Å². The average molecular weight is 284 g/mol. The van der Waals surface area contributed by atoms with E-state index < -0.39 is 5.82 Å². The summed E-state index contributed by atoms with van der Waals surface area (Å²) < 4.78 is 13.5. The second-order valence-electron chi connectivity index (χ2n) is 3.23. The molecule has 1 atom stereocenters. The van der Waals surface area contributed by atoms with E-state index in [4.69, 9.17) is 6.42 Å². The average Bonchev–Trinajstić information content (AvgIpc) is 2.29. The Hall–Kier alpha value is -1.34. The summed E-state index contributed by atoms with van der Waals surface area (Å²) in [5, 5.41) is 2.62. The third-order valence-corrected chi connectivity index (χ3v) is 2.74. The van der Waals surface area contributed by atoms with Gasteiger partial charge in [-0.1, -0.05) is 12.8 Å². The van der Waals surface area contributed by atoms with Crippen molar-refractivity contribution in [2.45, 2.75) is 19.4 Å². The Morgan fingerprint density at radius 1 is 1.69 bits per heavy atom. The lowest BCUT2D eigenvalue weighted by atomic mass is 10.1. The van der Waals surface area contributed by atoms with Crippen LogP contribution in [0.5, 0.6) is 0 Å². The molecule has 0 aromatic heterocycles. The van der Waals surface area contributed by atoms with E-state index in [9.17, 15) is 9.18 Å². The predicted molar refractivity (Wildman–Crippen MR) is 64.5 cm³/mol. The fourth-order valence-electron chi connectivity index (χ4n) is 1.14. The number of halogens is 2. The van der Waals surface area contributed by atoms with Crippen LogP contribution in [-0.4, -0.2) is 11.9 Å². The van der Waals surface area contributed by atoms with Crippen LogP contribution in [0.1, 0.15) is 23.7 Å². The first-order valence-electron chi connectivity index (χ1n) is 4.80. The van der Waals surface area contributed by atoms with Gasteiger partial charge in [0, 0.05) is 5.56 Å². The molecule has 1 N–H and O–H groups in total. The smallest absolute Gasteiger partial charge is 0.252 e. The maximum atomic E-state index is 13.2. The molecule has 0 saturated heterocycles. The van der Waals surface area contributed by atoms with Crippen LogP contribution in [0.3, 0.4) is 0 Å². The molecule has 2 nitrogen and oxygen atoms in total. The summed E-state index contributed by atoms with van der Waals surface area (Å²) in [5.74, 6) is 1.61. The number of amides is 1. The Morgan fingerprint density at radius 3 is 2.88 bits per heavy atom. The summed E-state index contributed by atoms with van der Waals surface area (Å²) in [6.45, 7) is 1.87. The molecule has 0 fully saturated rings. The Kier molecular flexibility index (Phi) is 4.51. The SMILES string of the molecule is C#CC(CC)NC(=O)c1ccc(Br)c(F)c1. The molecule has 1 aromatic carbocycles. The minimum absolute atomic E-state index is 0.259. The van der Waals surface area contributed by atoms with Crippen molar-refractivity contribution >= 4 is 21.8 Å². The van der Waals surface area contributed by atoms with Crippen LogP contribution >= 0.6 is 15.9 Å². The molecule has 0 spiro atoms. The van der Waals surface area contributed by atoms with Crippen LogP contribution in [0.2, 0.25) is 0 Å². The van der Waals surface area contributed by atoms with Crippen molar-refractivity contribution in [3.05, 3.63) is 34.1 Å². The number of nitrogens with one attached hydrogen (secondary N) is 1. The quantitative estimate of drug-likeness (QED) is 0.850. The van der Waals surface area contributed by atoms with E-state index >= 15 is 0 Å². The largest absolute Gasteiger partial charge is 0.338 e. The molecule has 0 saturated carbocycles. The molecule has 4 heteroatoms. The first-order chi connectivity index (χ1) is 7.58. The fourth-order valence-corrected chi connectivity index (χ4v) is 1.39. The maximum absolute atomic E-state index is 13.2. The van der Waals surface area contributed by atoms with Gasteiger partial charge in [-0.3, -0.25) is 4.79 Å². The summed E-state index contributed by atoms with van der Waals surface area (Å²) in [6, 6.07) is 3.87. The van der Waals surface area contributed by atoms with Crippen LogP contribution in [0.15, 0.2) is 22.7 Å². The highest BCUT2D eigenvalue weighted by atomic mass is 79.9. The van der Waals surface area contributed by atoms with Gasteiger partial charge in [-0.15, -0.1) is 6.42 Å². The Labute approximate surface area is 102 Å². The van der Waals surface area contributed by atoms with Crippen molar-refractivity contribution in [1.82, 2.24) is 5.32 Å². The minimum atomic E-state index is -0.471. The molecule has 1 unspecified atom stereocenters. The summed E-state index contributed by atoms with van der Waals surface area (Å²) in [6.07, 6.45) is 5.86. The monoisotopic (exact) mass is 283 g/mol. The highest BCUT2D eigenvalue weighted by molar-refractivity contribution is 9.10. The van der Waals surface area contributed by atoms with E-state index in [-0.39, 0.29) is 17.5 Å². The van der Waals surface area contributed by atoms with Crippen molar-refractivity contribution in [3.63, 3.8) is 0 Å². The van der Waals surface area contributed by atoms with Gasteiger partial charge in [-0.05, 0) is 40.5 Å². The maximum Gasteiger partial charge on any atom is 0.252 e. The van der Waals surface area contributed by atoms with Crippen molar-refractivity contribution in [2.24, 2.45) is 0 Å².